The van der Waals surface area contributed by atoms with Crippen molar-refractivity contribution in [2.45, 2.75) is 40.0 Å². The molecule has 0 saturated carbocycles. The molecule has 0 aromatic carbocycles. The number of aryl methyl sites for hydroxylation is 2. The molecular weight excluding hydrogens is 274 g/mol. The van der Waals surface area contributed by atoms with Crippen molar-refractivity contribution in [1.82, 2.24) is 4.90 Å². The number of hydrogen-bond donors (Lipinski definition) is 1. The summed E-state index contributed by atoms with van der Waals surface area (Å²) >= 11 is 1.49. The molecule has 1 aromatic rings. The molecule has 1 fully saturated rings. The van der Waals surface area contributed by atoms with Gasteiger partial charge in [-0.05, 0) is 44.7 Å². The second-order valence-corrected chi connectivity index (χ2v) is 6.88. The predicted molar refractivity (Wildman–Crippen MR) is 79.3 cm³/mol. The summed E-state index contributed by atoms with van der Waals surface area (Å²) in [4.78, 5) is 27.6. The Morgan fingerprint density at radius 3 is 2.65 bits per heavy atom. The molecule has 1 aromatic heterocycles. The van der Waals surface area contributed by atoms with E-state index in [1.165, 1.54) is 11.3 Å². The highest BCUT2D eigenvalue weighted by atomic mass is 32.1. The predicted octanol–water partition coefficient (Wildman–Crippen LogP) is 3.08. The van der Waals surface area contributed by atoms with Gasteiger partial charge in [0.1, 0.15) is 0 Å². The Balaban J connectivity index is 2.20. The lowest BCUT2D eigenvalue weighted by Crippen LogP contribution is -2.49. The quantitative estimate of drug-likeness (QED) is 0.932. The van der Waals surface area contributed by atoms with Gasteiger partial charge in [0.2, 0.25) is 0 Å². The molecule has 2 rings (SSSR count). The molecule has 1 N–H and O–H groups in total. The van der Waals surface area contributed by atoms with E-state index in [-0.39, 0.29) is 5.91 Å². The van der Waals surface area contributed by atoms with Crippen LogP contribution < -0.4 is 0 Å². The zero-order chi connectivity index (χ0) is 14.9. The number of carbonyl (C=O) groups excluding carboxylic acids is 1. The van der Waals surface area contributed by atoms with Crippen molar-refractivity contribution >= 4 is 23.2 Å². The summed E-state index contributed by atoms with van der Waals surface area (Å²) in [7, 11) is 0. The van der Waals surface area contributed by atoms with Gasteiger partial charge in [0.15, 0.2) is 0 Å². The van der Waals surface area contributed by atoms with Gasteiger partial charge in [0.05, 0.1) is 10.3 Å². The van der Waals surface area contributed by atoms with Crippen LogP contribution in [0, 0.1) is 19.3 Å². The van der Waals surface area contributed by atoms with Crippen LogP contribution in [0.25, 0.3) is 0 Å². The minimum Gasteiger partial charge on any atom is -0.481 e. The lowest BCUT2D eigenvalue weighted by Gasteiger charge is -2.39. The van der Waals surface area contributed by atoms with E-state index < -0.39 is 11.4 Å². The summed E-state index contributed by atoms with van der Waals surface area (Å²) in [6, 6.07) is 1.91. The normalized spacial score (nSPS) is 22.9. The van der Waals surface area contributed by atoms with Crippen LogP contribution in [0.1, 0.15) is 46.3 Å². The van der Waals surface area contributed by atoms with Crippen molar-refractivity contribution in [3.05, 3.63) is 21.4 Å². The van der Waals surface area contributed by atoms with Crippen LogP contribution >= 0.6 is 11.3 Å². The van der Waals surface area contributed by atoms with E-state index in [1.807, 2.05) is 26.8 Å². The second kappa shape index (κ2) is 5.56. The summed E-state index contributed by atoms with van der Waals surface area (Å²) in [5, 5.41) is 9.47. The first-order valence-corrected chi connectivity index (χ1v) is 7.81. The van der Waals surface area contributed by atoms with E-state index in [4.69, 9.17) is 0 Å². The second-order valence-electron chi connectivity index (χ2n) is 5.62. The Morgan fingerprint density at radius 2 is 2.15 bits per heavy atom. The number of carboxylic acid groups (broad SMARTS) is 1. The molecule has 2 heterocycles. The van der Waals surface area contributed by atoms with Crippen molar-refractivity contribution in [2.24, 2.45) is 5.41 Å². The number of amides is 1. The molecule has 4 nitrogen and oxygen atoms in total. The Labute approximate surface area is 123 Å². The zero-order valence-electron chi connectivity index (χ0n) is 12.2. The molecule has 20 heavy (non-hydrogen) atoms. The fraction of sp³-hybridized carbons (Fsp3) is 0.600. The minimum atomic E-state index is -0.781. The number of likely N-dealkylation sites (tertiary alicyclic amines) is 1. The van der Waals surface area contributed by atoms with Crippen molar-refractivity contribution < 1.29 is 14.7 Å². The number of aliphatic carboxylic acids is 1. The van der Waals surface area contributed by atoms with Crippen LogP contribution in [-0.4, -0.2) is 35.0 Å². The molecule has 1 aliphatic rings. The molecule has 1 aliphatic heterocycles. The van der Waals surface area contributed by atoms with Gasteiger partial charge in [-0.15, -0.1) is 11.3 Å². The van der Waals surface area contributed by atoms with E-state index in [0.717, 1.165) is 21.7 Å². The average molecular weight is 295 g/mol. The summed E-state index contributed by atoms with van der Waals surface area (Å²) < 4.78 is 0. The fourth-order valence-electron chi connectivity index (χ4n) is 2.75. The number of carbonyl (C=O) groups is 2. The number of rotatable bonds is 3. The first kappa shape index (κ1) is 15.0. The summed E-state index contributed by atoms with van der Waals surface area (Å²) in [6.45, 7) is 6.87. The van der Waals surface area contributed by atoms with E-state index in [1.54, 1.807) is 4.90 Å². The van der Waals surface area contributed by atoms with Crippen molar-refractivity contribution in [1.29, 1.82) is 0 Å². The number of piperidine rings is 1. The number of nitrogens with zero attached hydrogens (tertiary/aromatic N) is 1. The largest absolute Gasteiger partial charge is 0.481 e. The van der Waals surface area contributed by atoms with Gasteiger partial charge in [0, 0.05) is 18.0 Å². The van der Waals surface area contributed by atoms with E-state index >= 15 is 0 Å². The number of thiophene rings is 1. The molecule has 1 saturated heterocycles. The Bertz CT molecular complexity index is 518. The maximum atomic E-state index is 12.5. The first-order chi connectivity index (χ1) is 9.39. The molecule has 0 radical (unpaired) electrons. The third kappa shape index (κ3) is 2.59. The summed E-state index contributed by atoms with van der Waals surface area (Å²) in [6.07, 6.45) is 1.98. The SMILES string of the molecule is CCC1(C(=O)O)CCCN(C(=O)c2cc(C)c(C)s2)C1. The Kier molecular flexibility index (Phi) is 4.18. The van der Waals surface area contributed by atoms with Crippen LogP contribution in [-0.2, 0) is 4.79 Å². The van der Waals surface area contributed by atoms with Gasteiger partial charge in [-0.3, -0.25) is 9.59 Å². The topological polar surface area (TPSA) is 57.6 Å². The molecule has 1 atom stereocenters. The molecule has 0 bridgehead atoms. The van der Waals surface area contributed by atoms with Gasteiger partial charge in [-0.2, -0.15) is 0 Å². The van der Waals surface area contributed by atoms with E-state index in [0.29, 0.717) is 25.9 Å². The lowest BCUT2D eigenvalue weighted by atomic mass is 9.77. The fourth-order valence-corrected chi connectivity index (χ4v) is 3.76. The van der Waals surface area contributed by atoms with Crippen molar-refractivity contribution in [3.63, 3.8) is 0 Å². The van der Waals surface area contributed by atoms with Gasteiger partial charge in [-0.1, -0.05) is 6.92 Å². The highest BCUT2D eigenvalue weighted by Crippen LogP contribution is 2.35. The Morgan fingerprint density at radius 1 is 1.45 bits per heavy atom. The van der Waals surface area contributed by atoms with E-state index in [9.17, 15) is 14.7 Å². The smallest absolute Gasteiger partial charge is 0.311 e. The van der Waals surface area contributed by atoms with Gasteiger partial charge in [0.25, 0.3) is 5.91 Å². The average Bonchev–Trinajstić information content (AvgIpc) is 2.77. The molecule has 0 spiro atoms. The van der Waals surface area contributed by atoms with E-state index in [2.05, 4.69) is 0 Å². The Hall–Kier alpha value is -1.36. The lowest BCUT2D eigenvalue weighted by molar-refractivity contribution is -0.152. The van der Waals surface area contributed by atoms with Crippen molar-refractivity contribution in [3.8, 4) is 0 Å². The summed E-state index contributed by atoms with van der Waals surface area (Å²) in [5.74, 6) is -0.805. The third-order valence-electron chi connectivity index (χ3n) is 4.37. The van der Waals surface area contributed by atoms with Gasteiger partial charge < -0.3 is 10.0 Å². The number of hydrogen-bond acceptors (Lipinski definition) is 3. The molecule has 1 unspecified atom stereocenters. The monoisotopic (exact) mass is 295 g/mol. The van der Waals surface area contributed by atoms with Crippen molar-refractivity contribution in [2.75, 3.05) is 13.1 Å². The molecule has 0 aliphatic carbocycles. The molecular formula is C15H21NO3S. The molecule has 110 valence electrons. The maximum absolute atomic E-state index is 12.5. The standard InChI is InChI=1S/C15H21NO3S/c1-4-15(14(18)19)6-5-7-16(9-15)13(17)12-8-10(2)11(3)20-12/h8H,4-7,9H2,1-3H3,(H,18,19). The van der Waals surface area contributed by atoms with Crippen LogP contribution in [0.2, 0.25) is 0 Å². The van der Waals surface area contributed by atoms with Crippen LogP contribution in [0.4, 0.5) is 0 Å². The molecule has 5 heteroatoms. The summed E-state index contributed by atoms with van der Waals surface area (Å²) in [5.41, 5.74) is 0.352. The highest BCUT2D eigenvalue weighted by Gasteiger charge is 2.42. The van der Waals surface area contributed by atoms with Crippen LogP contribution in [0.3, 0.4) is 0 Å². The van der Waals surface area contributed by atoms with Gasteiger partial charge >= 0.3 is 5.97 Å². The zero-order valence-corrected chi connectivity index (χ0v) is 13.0. The minimum absolute atomic E-state index is 0.0232. The number of carboxylic acids is 1. The first-order valence-electron chi connectivity index (χ1n) is 6.99. The van der Waals surface area contributed by atoms with Gasteiger partial charge in [-0.25, -0.2) is 0 Å². The molecule has 1 amide bonds. The highest BCUT2D eigenvalue weighted by molar-refractivity contribution is 7.14. The van der Waals surface area contributed by atoms with Crippen LogP contribution in [0.5, 0.6) is 0 Å². The van der Waals surface area contributed by atoms with Crippen LogP contribution in [0.15, 0.2) is 6.07 Å². The third-order valence-corrected chi connectivity index (χ3v) is 5.51. The maximum Gasteiger partial charge on any atom is 0.311 e.